The summed E-state index contributed by atoms with van der Waals surface area (Å²) in [5, 5.41) is 26.9. The lowest BCUT2D eigenvalue weighted by Gasteiger charge is -2.07. The maximum absolute atomic E-state index is 9.30. The zero-order valence-electron chi connectivity index (χ0n) is 12.4. The van der Waals surface area contributed by atoms with Crippen molar-refractivity contribution in [3.63, 3.8) is 0 Å². The van der Waals surface area contributed by atoms with E-state index in [2.05, 4.69) is 45.2 Å². The fourth-order valence-corrected chi connectivity index (χ4v) is 2.76. The number of hydrogen-bond acceptors (Lipinski definition) is 3. The number of nitrogens with zero attached hydrogens (tertiary/aromatic N) is 2. The van der Waals surface area contributed by atoms with Gasteiger partial charge in [-0.05, 0) is 63.7 Å². The van der Waals surface area contributed by atoms with E-state index in [1.165, 1.54) is 3.57 Å². The van der Waals surface area contributed by atoms with Crippen molar-refractivity contribution in [2.24, 2.45) is 0 Å². The van der Waals surface area contributed by atoms with Crippen LogP contribution in [0.15, 0.2) is 36.9 Å². The quantitative estimate of drug-likeness (QED) is 0.501. The molecule has 0 radical (unpaired) electrons. The van der Waals surface area contributed by atoms with Crippen LogP contribution in [0.4, 0.5) is 0 Å². The minimum absolute atomic E-state index is 0.186. The van der Waals surface area contributed by atoms with Gasteiger partial charge in [-0.1, -0.05) is 6.92 Å². The Morgan fingerprint density at radius 2 is 1.41 bits per heavy atom. The highest BCUT2D eigenvalue weighted by Crippen LogP contribution is 2.06. The first kappa shape index (κ1) is 19.9. The second-order valence-corrected chi connectivity index (χ2v) is 7.44. The number of rotatable bonds is 6. The van der Waals surface area contributed by atoms with Gasteiger partial charge in [0.25, 0.3) is 0 Å². The van der Waals surface area contributed by atoms with Crippen LogP contribution >= 0.6 is 45.2 Å². The van der Waals surface area contributed by atoms with Gasteiger partial charge in [-0.15, -0.1) is 0 Å². The van der Waals surface area contributed by atoms with Crippen molar-refractivity contribution in [3.05, 3.63) is 44.1 Å². The topological polar surface area (TPSA) is 70.6 Å². The number of hydrogen-bond donors (Lipinski definition) is 3. The van der Waals surface area contributed by atoms with E-state index in [0.717, 1.165) is 9.99 Å². The van der Waals surface area contributed by atoms with Crippen molar-refractivity contribution in [2.45, 2.75) is 38.6 Å². The molecule has 0 saturated heterocycles. The van der Waals surface area contributed by atoms with Gasteiger partial charge in [-0.25, -0.2) is 0 Å². The fraction of sp³-hybridized carbons (Fsp3) is 0.467. The van der Waals surface area contributed by atoms with Crippen LogP contribution in [0.1, 0.15) is 13.3 Å². The van der Waals surface area contributed by atoms with E-state index in [1.54, 1.807) is 0 Å². The van der Waals surface area contributed by atoms with Crippen LogP contribution in [0.25, 0.3) is 0 Å². The van der Waals surface area contributed by atoms with Crippen molar-refractivity contribution in [1.29, 1.82) is 0 Å². The lowest BCUT2D eigenvalue weighted by atomic mass is 10.3. The molecule has 5 nitrogen and oxygen atoms in total. The van der Waals surface area contributed by atoms with E-state index in [4.69, 9.17) is 10.2 Å². The molecule has 3 N–H and O–H groups in total. The summed E-state index contributed by atoms with van der Waals surface area (Å²) in [5.74, 6) is 0. The SMILES string of the molecule is CCC(O)Cn1ccc(I)c1.OCC(O)Cn1ccc(I)c1. The monoisotopic (exact) mass is 532 g/mol. The van der Waals surface area contributed by atoms with Crippen molar-refractivity contribution >= 4 is 45.2 Å². The normalized spacial score (nSPS) is 13.4. The third kappa shape index (κ3) is 7.95. The molecular weight excluding hydrogens is 510 g/mol. The van der Waals surface area contributed by atoms with Crippen molar-refractivity contribution < 1.29 is 15.3 Å². The maximum atomic E-state index is 9.30. The lowest BCUT2D eigenvalue weighted by molar-refractivity contribution is 0.0813. The molecule has 0 aliphatic heterocycles. The Balaban J connectivity index is 0.000000220. The second kappa shape index (κ2) is 10.6. The Bertz CT molecular complexity index is 494. The van der Waals surface area contributed by atoms with Crippen molar-refractivity contribution in [2.75, 3.05) is 6.61 Å². The van der Waals surface area contributed by atoms with E-state index in [0.29, 0.717) is 13.1 Å². The largest absolute Gasteiger partial charge is 0.394 e. The van der Waals surface area contributed by atoms with Gasteiger partial charge in [0.1, 0.15) is 0 Å². The maximum Gasteiger partial charge on any atom is 0.0949 e. The molecule has 2 aromatic heterocycles. The molecule has 22 heavy (non-hydrogen) atoms. The molecule has 2 aromatic rings. The third-order valence-electron chi connectivity index (χ3n) is 2.95. The lowest BCUT2D eigenvalue weighted by Crippen LogP contribution is -2.18. The molecule has 2 atom stereocenters. The van der Waals surface area contributed by atoms with E-state index in [1.807, 2.05) is 53.0 Å². The van der Waals surface area contributed by atoms with Gasteiger partial charge in [0, 0.05) is 38.5 Å². The molecule has 2 unspecified atom stereocenters. The summed E-state index contributed by atoms with van der Waals surface area (Å²) >= 11 is 4.45. The van der Waals surface area contributed by atoms with Gasteiger partial charge in [0.05, 0.1) is 25.4 Å². The molecule has 2 rings (SSSR count). The summed E-state index contributed by atoms with van der Waals surface area (Å²) in [6.45, 7) is 2.97. The summed E-state index contributed by atoms with van der Waals surface area (Å²) in [6.07, 6.45) is 7.76. The molecular formula is C15H22I2N2O3. The Hall–Kier alpha value is -0.100. The van der Waals surface area contributed by atoms with Crippen LogP contribution in [-0.2, 0) is 13.1 Å². The standard InChI is InChI=1S/C8H12INO.C7H10INO2/c1-2-8(11)6-10-4-3-7(9)5-10;8-6-1-2-9(3-6)4-7(11)5-10/h3-5,8,11H,2,6H2,1H3;1-3,7,10-11H,4-5H2. The Kier molecular flexibility index (Phi) is 9.64. The summed E-state index contributed by atoms with van der Waals surface area (Å²) in [4.78, 5) is 0. The first-order chi connectivity index (χ1) is 10.4. The van der Waals surface area contributed by atoms with E-state index < -0.39 is 6.10 Å². The zero-order valence-corrected chi connectivity index (χ0v) is 16.8. The van der Waals surface area contributed by atoms with E-state index >= 15 is 0 Å². The molecule has 0 fully saturated rings. The van der Waals surface area contributed by atoms with Crippen molar-refractivity contribution in [3.8, 4) is 0 Å². The van der Waals surface area contributed by atoms with Crippen LogP contribution in [0.2, 0.25) is 0 Å². The molecule has 0 bridgehead atoms. The Morgan fingerprint density at radius 3 is 1.73 bits per heavy atom. The molecule has 0 saturated carbocycles. The summed E-state index contributed by atoms with van der Waals surface area (Å²) in [6, 6.07) is 3.98. The molecule has 0 aliphatic rings. The molecule has 0 aliphatic carbocycles. The number of aliphatic hydroxyl groups excluding tert-OH is 3. The second-order valence-electron chi connectivity index (χ2n) is 4.95. The van der Waals surface area contributed by atoms with Gasteiger partial charge in [-0.3, -0.25) is 0 Å². The van der Waals surface area contributed by atoms with Crippen LogP contribution in [0, 0.1) is 7.14 Å². The summed E-state index contributed by atoms with van der Waals surface area (Å²) in [7, 11) is 0. The van der Waals surface area contributed by atoms with Gasteiger partial charge in [0.15, 0.2) is 0 Å². The zero-order chi connectivity index (χ0) is 16.5. The molecule has 7 heteroatoms. The minimum atomic E-state index is -0.654. The van der Waals surface area contributed by atoms with Crippen LogP contribution in [0.3, 0.4) is 0 Å². The smallest absolute Gasteiger partial charge is 0.0949 e. The summed E-state index contributed by atoms with van der Waals surface area (Å²) in [5.41, 5.74) is 0. The Morgan fingerprint density at radius 1 is 0.955 bits per heavy atom. The van der Waals surface area contributed by atoms with Gasteiger partial charge >= 0.3 is 0 Å². The van der Waals surface area contributed by atoms with Gasteiger partial charge in [0.2, 0.25) is 0 Å². The number of aromatic nitrogens is 2. The minimum Gasteiger partial charge on any atom is -0.394 e. The molecule has 124 valence electrons. The fourth-order valence-electron chi connectivity index (χ4n) is 1.72. The highest BCUT2D eigenvalue weighted by atomic mass is 127. The van der Waals surface area contributed by atoms with E-state index in [-0.39, 0.29) is 12.7 Å². The molecule has 2 heterocycles. The first-order valence-corrected chi connectivity index (χ1v) is 9.19. The predicted molar refractivity (Wildman–Crippen MR) is 104 cm³/mol. The van der Waals surface area contributed by atoms with Gasteiger partial charge < -0.3 is 24.5 Å². The molecule has 0 aromatic carbocycles. The van der Waals surface area contributed by atoms with Crippen LogP contribution in [0.5, 0.6) is 0 Å². The average Bonchev–Trinajstić information content (AvgIpc) is 3.08. The van der Waals surface area contributed by atoms with Gasteiger partial charge in [-0.2, -0.15) is 0 Å². The van der Waals surface area contributed by atoms with Crippen LogP contribution < -0.4 is 0 Å². The van der Waals surface area contributed by atoms with Crippen molar-refractivity contribution in [1.82, 2.24) is 9.13 Å². The third-order valence-corrected chi connectivity index (χ3v) is 4.23. The highest BCUT2D eigenvalue weighted by Gasteiger charge is 2.02. The molecule has 0 amide bonds. The number of aliphatic hydroxyl groups is 3. The first-order valence-electron chi connectivity index (χ1n) is 7.04. The highest BCUT2D eigenvalue weighted by molar-refractivity contribution is 14.1. The molecule has 0 spiro atoms. The van der Waals surface area contributed by atoms with Crippen LogP contribution in [-0.4, -0.2) is 43.3 Å². The average molecular weight is 532 g/mol. The Labute approximate surface area is 158 Å². The predicted octanol–water partition coefficient (Wildman–Crippen LogP) is 2.31. The number of halogens is 2. The van der Waals surface area contributed by atoms with E-state index in [9.17, 15) is 5.11 Å². The summed E-state index contributed by atoms with van der Waals surface area (Å²) < 4.78 is 6.21.